The molecule has 1 aliphatic heterocycles. The van der Waals surface area contributed by atoms with Crippen molar-refractivity contribution in [2.45, 2.75) is 13.0 Å². The van der Waals surface area contributed by atoms with Crippen molar-refractivity contribution in [1.82, 2.24) is 5.32 Å². The Morgan fingerprint density at radius 2 is 2.40 bits per heavy atom. The highest BCUT2D eigenvalue weighted by molar-refractivity contribution is 4.80. The summed E-state index contributed by atoms with van der Waals surface area (Å²) in [7, 11) is 0. The maximum absolute atomic E-state index is 8.84. The molecule has 1 fully saturated rings. The predicted octanol–water partition coefficient (Wildman–Crippen LogP) is -0.397. The molecule has 1 rings (SSSR count). The fraction of sp³-hybridized carbons (Fsp3) is 1.00. The molecule has 0 saturated carbocycles. The fourth-order valence-corrected chi connectivity index (χ4v) is 1.30. The zero-order valence-electron chi connectivity index (χ0n) is 6.34. The van der Waals surface area contributed by atoms with Gasteiger partial charge in [-0.1, -0.05) is 0 Å². The number of hydrogen-bond acceptors (Lipinski definition) is 3. The predicted molar refractivity (Wildman–Crippen MR) is 38.9 cm³/mol. The lowest BCUT2D eigenvalue weighted by Crippen LogP contribution is -2.25. The summed E-state index contributed by atoms with van der Waals surface area (Å²) in [6.07, 6.45) is 0.231. The normalized spacial score (nSPS) is 33.0. The second-order valence-corrected chi connectivity index (χ2v) is 2.59. The minimum absolute atomic E-state index is 0.231. The molecule has 1 saturated heterocycles. The van der Waals surface area contributed by atoms with Crippen molar-refractivity contribution < 1.29 is 9.84 Å². The first kappa shape index (κ1) is 7.98. The van der Waals surface area contributed by atoms with Crippen molar-refractivity contribution >= 4 is 0 Å². The summed E-state index contributed by atoms with van der Waals surface area (Å²) in [5, 5.41) is 12.0. The first-order chi connectivity index (χ1) is 4.88. The van der Waals surface area contributed by atoms with Gasteiger partial charge in [-0.25, -0.2) is 0 Å². The number of aliphatic hydroxyl groups excluding tert-OH is 1. The first-order valence-electron chi connectivity index (χ1n) is 3.81. The molecule has 0 amide bonds. The third kappa shape index (κ3) is 1.68. The molecule has 2 atom stereocenters. The summed E-state index contributed by atoms with van der Waals surface area (Å²) in [6, 6.07) is 0. The summed E-state index contributed by atoms with van der Waals surface area (Å²) >= 11 is 0. The van der Waals surface area contributed by atoms with Crippen LogP contribution in [0.3, 0.4) is 0 Å². The lowest BCUT2D eigenvalue weighted by atomic mass is 10.1. The van der Waals surface area contributed by atoms with Gasteiger partial charge in [0, 0.05) is 32.2 Å². The van der Waals surface area contributed by atoms with Crippen LogP contribution in [-0.2, 0) is 4.74 Å². The standard InChI is InChI=1S/C7H15NO2/c1-2-10-7-4-8-3-6(7)5-9/h6-9H,2-5H2,1H3/t6-,7-/m0/s1. The monoisotopic (exact) mass is 145 g/mol. The summed E-state index contributed by atoms with van der Waals surface area (Å²) < 4.78 is 5.38. The Balaban J connectivity index is 2.27. The lowest BCUT2D eigenvalue weighted by Gasteiger charge is -2.15. The van der Waals surface area contributed by atoms with Crippen LogP contribution in [0, 0.1) is 5.92 Å². The summed E-state index contributed by atoms with van der Waals surface area (Å²) in [5.41, 5.74) is 0. The van der Waals surface area contributed by atoms with Crippen molar-refractivity contribution in [2.24, 2.45) is 5.92 Å². The summed E-state index contributed by atoms with van der Waals surface area (Å²) in [5.74, 6) is 0.306. The molecule has 2 N–H and O–H groups in total. The van der Waals surface area contributed by atoms with Crippen LogP contribution in [0.4, 0.5) is 0 Å². The van der Waals surface area contributed by atoms with Crippen LogP contribution in [0.2, 0.25) is 0 Å². The van der Waals surface area contributed by atoms with Gasteiger partial charge in [0.25, 0.3) is 0 Å². The van der Waals surface area contributed by atoms with Crippen molar-refractivity contribution in [3.63, 3.8) is 0 Å². The number of aliphatic hydroxyl groups is 1. The van der Waals surface area contributed by atoms with E-state index in [0.717, 1.165) is 19.7 Å². The smallest absolute Gasteiger partial charge is 0.0761 e. The van der Waals surface area contributed by atoms with Crippen LogP contribution in [0.15, 0.2) is 0 Å². The molecule has 0 bridgehead atoms. The zero-order chi connectivity index (χ0) is 7.40. The molecule has 0 aromatic rings. The Kier molecular flexibility index (Phi) is 3.12. The largest absolute Gasteiger partial charge is 0.396 e. The molecule has 0 aromatic carbocycles. The third-order valence-corrected chi connectivity index (χ3v) is 1.89. The Bertz CT molecular complexity index is 97.6. The van der Waals surface area contributed by atoms with Gasteiger partial charge in [-0.15, -0.1) is 0 Å². The molecule has 0 unspecified atom stereocenters. The molecule has 0 aliphatic carbocycles. The topological polar surface area (TPSA) is 41.5 Å². The molecule has 3 nitrogen and oxygen atoms in total. The lowest BCUT2D eigenvalue weighted by molar-refractivity contribution is 0.0281. The van der Waals surface area contributed by atoms with Gasteiger partial charge in [-0.3, -0.25) is 0 Å². The van der Waals surface area contributed by atoms with Crippen molar-refractivity contribution in [1.29, 1.82) is 0 Å². The van der Waals surface area contributed by atoms with Gasteiger partial charge in [-0.05, 0) is 6.92 Å². The van der Waals surface area contributed by atoms with E-state index in [0.29, 0.717) is 5.92 Å². The molecule has 0 aromatic heterocycles. The maximum Gasteiger partial charge on any atom is 0.0761 e. The quantitative estimate of drug-likeness (QED) is 0.568. The van der Waals surface area contributed by atoms with Crippen LogP contribution in [-0.4, -0.2) is 37.5 Å². The number of nitrogens with one attached hydrogen (secondary N) is 1. The first-order valence-corrected chi connectivity index (χ1v) is 3.81. The maximum atomic E-state index is 8.84. The molecule has 1 heterocycles. The van der Waals surface area contributed by atoms with Crippen LogP contribution >= 0.6 is 0 Å². The van der Waals surface area contributed by atoms with Crippen LogP contribution in [0.1, 0.15) is 6.92 Å². The van der Waals surface area contributed by atoms with Crippen molar-refractivity contribution in [2.75, 3.05) is 26.3 Å². The molecular formula is C7H15NO2. The second-order valence-electron chi connectivity index (χ2n) is 2.59. The Hall–Kier alpha value is -0.120. The molecule has 1 aliphatic rings. The molecule has 0 spiro atoms. The molecular weight excluding hydrogens is 130 g/mol. The van der Waals surface area contributed by atoms with E-state index in [1.54, 1.807) is 0 Å². The van der Waals surface area contributed by atoms with Crippen molar-refractivity contribution in [3.8, 4) is 0 Å². The molecule has 60 valence electrons. The highest BCUT2D eigenvalue weighted by atomic mass is 16.5. The van der Waals surface area contributed by atoms with Gasteiger partial charge in [0.05, 0.1) is 6.10 Å². The van der Waals surface area contributed by atoms with E-state index in [-0.39, 0.29) is 12.7 Å². The number of rotatable bonds is 3. The summed E-state index contributed by atoms with van der Waals surface area (Å²) in [6.45, 7) is 4.73. The SMILES string of the molecule is CCO[C@H]1CNC[C@H]1CO. The molecule has 3 heteroatoms. The molecule has 10 heavy (non-hydrogen) atoms. The number of hydrogen-bond donors (Lipinski definition) is 2. The Morgan fingerprint density at radius 3 is 3.00 bits per heavy atom. The van der Waals surface area contributed by atoms with Gasteiger partial charge in [0.2, 0.25) is 0 Å². The van der Waals surface area contributed by atoms with Gasteiger partial charge < -0.3 is 15.2 Å². The van der Waals surface area contributed by atoms with E-state index in [9.17, 15) is 0 Å². The van der Waals surface area contributed by atoms with E-state index in [4.69, 9.17) is 9.84 Å². The fourth-order valence-electron chi connectivity index (χ4n) is 1.30. The van der Waals surface area contributed by atoms with Gasteiger partial charge >= 0.3 is 0 Å². The highest BCUT2D eigenvalue weighted by Crippen LogP contribution is 2.11. The van der Waals surface area contributed by atoms with E-state index in [2.05, 4.69) is 5.32 Å². The zero-order valence-corrected chi connectivity index (χ0v) is 6.34. The Morgan fingerprint density at radius 1 is 1.60 bits per heavy atom. The van der Waals surface area contributed by atoms with Crippen molar-refractivity contribution in [3.05, 3.63) is 0 Å². The number of ether oxygens (including phenoxy) is 1. The second kappa shape index (κ2) is 3.91. The van der Waals surface area contributed by atoms with Gasteiger partial charge in [0.1, 0.15) is 0 Å². The van der Waals surface area contributed by atoms with E-state index >= 15 is 0 Å². The highest BCUT2D eigenvalue weighted by Gasteiger charge is 2.26. The average Bonchev–Trinajstić information content (AvgIpc) is 2.36. The van der Waals surface area contributed by atoms with Gasteiger partial charge in [-0.2, -0.15) is 0 Å². The van der Waals surface area contributed by atoms with Crippen LogP contribution in [0.25, 0.3) is 0 Å². The van der Waals surface area contributed by atoms with Crippen LogP contribution < -0.4 is 5.32 Å². The minimum atomic E-state index is 0.231. The van der Waals surface area contributed by atoms with Crippen LogP contribution in [0.5, 0.6) is 0 Å². The molecule has 0 radical (unpaired) electrons. The minimum Gasteiger partial charge on any atom is -0.396 e. The van der Waals surface area contributed by atoms with Gasteiger partial charge in [0.15, 0.2) is 0 Å². The van der Waals surface area contributed by atoms with E-state index < -0.39 is 0 Å². The average molecular weight is 145 g/mol. The Labute approximate surface area is 61.4 Å². The summed E-state index contributed by atoms with van der Waals surface area (Å²) in [4.78, 5) is 0. The van der Waals surface area contributed by atoms with E-state index in [1.807, 2.05) is 6.92 Å². The third-order valence-electron chi connectivity index (χ3n) is 1.89. The van der Waals surface area contributed by atoms with E-state index in [1.165, 1.54) is 0 Å².